The van der Waals surface area contributed by atoms with E-state index in [1.54, 1.807) is 11.3 Å². The first-order valence-electron chi connectivity index (χ1n) is 6.70. The Morgan fingerprint density at radius 3 is 3.05 bits per heavy atom. The molecule has 1 N–H and O–H groups in total. The van der Waals surface area contributed by atoms with Gasteiger partial charge in [-0.05, 0) is 25.6 Å². The molecule has 1 unspecified atom stereocenters. The van der Waals surface area contributed by atoms with E-state index < -0.39 is 0 Å². The van der Waals surface area contributed by atoms with Gasteiger partial charge in [-0.25, -0.2) is 0 Å². The summed E-state index contributed by atoms with van der Waals surface area (Å²) in [5, 5.41) is 7.47. The maximum Gasteiger partial charge on any atom is 0.227 e. The summed E-state index contributed by atoms with van der Waals surface area (Å²) in [6.07, 6.45) is 1.64. The molecule has 3 rings (SSSR count). The maximum absolute atomic E-state index is 5.92. The number of likely N-dealkylation sites (N-methyl/N-ethyl adjacent to an activating group) is 1. The van der Waals surface area contributed by atoms with Gasteiger partial charge in [0.1, 0.15) is 0 Å². The first-order chi connectivity index (χ1) is 9.72. The van der Waals surface area contributed by atoms with Crippen molar-refractivity contribution in [2.24, 2.45) is 0 Å². The van der Waals surface area contributed by atoms with E-state index in [1.807, 2.05) is 12.1 Å². The van der Waals surface area contributed by atoms with E-state index in [0.717, 1.165) is 42.6 Å². The average Bonchev–Trinajstić information content (AvgIpc) is 3.06. The van der Waals surface area contributed by atoms with Crippen LogP contribution in [0.4, 0.5) is 0 Å². The lowest BCUT2D eigenvalue weighted by Crippen LogP contribution is -2.44. The fraction of sp³-hybridized carbons (Fsp3) is 0.538. The van der Waals surface area contributed by atoms with E-state index in [4.69, 9.17) is 16.1 Å². The third-order valence-electron chi connectivity index (χ3n) is 3.51. The molecular formula is C13H18Cl2N4OS. The summed E-state index contributed by atoms with van der Waals surface area (Å²) in [5.41, 5.74) is 0. The van der Waals surface area contributed by atoms with Crippen LogP contribution in [0.3, 0.4) is 0 Å². The molecule has 0 radical (unpaired) electrons. The summed E-state index contributed by atoms with van der Waals surface area (Å²) in [4.78, 5) is 8.01. The van der Waals surface area contributed by atoms with Crippen molar-refractivity contribution in [1.82, 2.24) is 20.4 Å². The standard InChI is InChI=1S/C13H17ClN4OS.ClH/c1-18-7-6-15-8-10(18)13-16-12(19-17-13)5-3-9-2-4-11(14)20-9;/h2,4,10,15H,3,5-8H2,1H3;1H. The molecule has 0 spiro atoms. The highest BCUT2D eigenvalue weighted by atomic mass is 35.5. The second-order valence-corrected chi connectivity index (χ2v) is 6.75. The zero-order valence-corrected chi connectivity index (χ0v) is 14.1. The van der Waals surface area contributed by atoms with Crippen LogP contribution in [0.15, 0.2) is 16.7 Å². The summed E-state index contributed by atoms with van der Waals surface area (Å²) in [6.45, 7) is 2.88. The quantitative estimate of drug-likeness (QED) is 0.920. The molecule has 1 fully saturated rings. The third-order valence-corrected chi connectivity index (χ3v) is 4.80. The largest absolute Gasteiger partial charge is 0.339 e. The lowest BCUT2D eigenvalue weighted by atomic mass is 10.2. The molecule has 21 heavy (non-hydrogen) atoms. The van der Waals surface area contributed by atoms with Crippen LogP contribution < -0.4 is 5.32 Å². The Morgan fingerprint density at radius 1 is 1.48 bits per heavy atom. The van der Waals surface area contributed by atoms with Crippen molar-refractivity contribution in [3.05, 3.63) is 33.1 Å². The van der Waals surface area contributed by atoms with E-state index >= 15 is 0 Å². The van der Waals surface area contributed by atoms with Gasteiger partial charge >= 0.3 is 0 Å². The first-order valence-corrected chi connectivity index (χ1v) is 7.89. The molecule has 0 bridgehead atoms. The molecule has 2 aromatic rings. The molecule has 0 amide bonds. The molecule has 5 nitrogen and oxygen atoms in total. The number of nitrogens with one attached hydrogen (secondary N) is 1. The van der Waals surface area contributed by atoms with Gasteiger partial charge in [-0.15, -0.1) is 23.7 Å². The molecule has 1 aliphatic heterocycles. The Morgan fingerprint density at radius 2 is 2.33 bits per heavy atom. The third kappa shape index (κ3) is 4.17. The molecule has 3 heterocycles. The minimum absolute atomic E-state index is 0. The van der Waals surface area contributed by atoms with Crippen LogP contribution in [0.1, 0.15) is 22.6 Å². The summed E-state index contributed by atoms with van der Waals surface area (Å²) in [6, 6.07) is 4.17. The van der Waals surface area contributed by atoms with E-state index in [9.17, 15) is 0 Å². The van der Waals surface area contributed by atoms with Gasteiger partial charge < -0.3 is 9.84 Å². The van der Waals surface area contributed by atoms with Gasteiger partial charge in [0.2, 0.25) is 5.89 Å². The fourth-order valence-electron chi connectivity index (χ4n) is 2.32. The zero-order valence-electron chi connectivity index (χ0n) is 11.7. The van der Waals surface area contributed by atoms with Crippen LogP contribution in [0.25, 0.3) is 0 Å². The van der Waals surface area contributed by atoms with E-state index in [0.29, 0.717) is 5.89 Å². The second-order valence-electron chi connectivity index (χ2n) is 4.95. The molecule has 116 valence electrons. The Bertz CT molecular complexity index is 574. The molecule has 8 heteroatoms. The van der Waals surface area contributed by atoms with E-state index in [1.165, 1.54) is 4.88 Å². The number of piperazine rings is 1. The Kier molecular flexibility index (Phi) is 6.01. The topological polar surface area (TPSA) is 54.2 Å². The van der Waals surface area contributed by atoms with E-state index in [-0.39, 0.29) is 18.4 Å². The van der Waals surface area contributed by atoms with Crippen LogP contribution in [0.2, 0.25) is 4.34 Å². The normalized spacial score (nSPS) is 19.4. The highest BCUT2D eigenvalue weighted by molar-refractivity contribution is 7.16. The number of nitrogens with zero attached hydrogens (tertiary/aromatic N) is 3. The Balaban J connectivity index is 0.00000161. The fourth-order valence-corrected chi connectivity index (χ4v) is 3.40. The number of rotatable bonds is 4. The highest BCUT2D eigenvalue weighted by Gasteiger charge is 2.25. The van der Waals surface area contributed by atoms with E-state index in [2.05, 4.69) is 27.4 Å². The Labute approximate surface area is 139 Å². The minimum atomic E-state index is 0. The van der Waals surface area contributed by atoms with Crippen molar-refractivity contribution in [3.63, 3.8) is 0 Å². The molecule has 1 aliphatic rings. The second kappa shape index (κ2) is 7.56. The zero-order chi connectivity index (χ0) is 13.9. The molecule has 1 atom stereocenters. The van der Waals surface area contributed by atoms with Crippen LogP contribution in [0, 0.1) is 0 Å². The van der Waals surface area contributed by atoms with Crippen molar-refractivity contribution in [2.45, 2.75) is 18.9 Å². The number of halogens is 2. The summed E-state index contributed by atoms with van der Waals surface area (Å²) in [5.74, 6) is 1.47. The number of hydrogen-bond acceptors (Lipinski definition) is 6. The molecular weight excluding hydrogens is 331 g/mol. The Hall–Kier alpha value is -0.660. The van der Waals surface area contributed by atoms with Crippen molar-refractivity contribution in [3.8, 4) is 0 Å². The lowest BCUT2D eigenvalue weighted by Gasteiger charge is -2.30. The van der Waals surface area contributed by atoms with Crippen LogP contribution in [-0.2, 0) is 12.8 Å². The maximum atomic E-state index is 5.92. The van der Waals surface area contributed by atoms with Gasteiger partial charge in [0.15, 0.2) is 5.82 Å². The molecule has 0 aliphatic carbocycles. The summed E-state index contributed by atoms with van der Waals surface area (Å²) < 4.78 is 6.17. The van der Waals surface area contributed by atoms with Gasteiger partial charge in [-0.3, -0.25) is 4.90 Å². The SMILES string of the molecule is CN1CCNCC1c1noc(CCc2ccc(Cl)s2)n1.Cl. The van der Waals surface area contributed by atoms with Gasteiger partial charge in [-0.1, -0.05) is 16.8 Å². The minimum Gasteiger partial charge on any atom is -0.339 e. The van der Waals surface area contributed by atoms with Gasteiger partial charge in [0.05, 0.1) is 10.4 Å². The van der Waals surface area contributed by atoms with Crippen molar-refractivity contribution >= 4 is 35.3 Å². The van der Waals surface area contributed by atoms with Crippen LogP contribution >= 0.6 is 35.3 Å². The number of aromatic nitrogens is 2. The lowest BCUT2D eigenvalue weighted by molar-refractivity contribution is 0.190. The molecule has 2 aromatic heterocycles. The van der Waals surface area contributed by atoms with Gasteiger partial charge in [0.25, 0.3) is 0 Å². The molecule has 0 aromatic carbocycles. The number of thiophene rings is 1. The molecule has 1 saturated heterocycles. The monoisotopic (exact) mass is 348 g/mol. The molecule has 0 saturated carbocycles. The van der Waals surface area contributed by atoms with Crippen molar-refractivity contribution in [2.75, 3.05) is 26.7 Å². The number of aryl methyl sites for hydroxylation is 2. The van der Waals surface area contributed by atoms with Crippen molar-refractivity contribution in [1.29, 1.82) is 0 Å². The average molecular weight is 349 g/mol. The van der Waals surface area contributed by atoms with Gasteiger partial charge in [0, 0.05) is 30.9 Å². The summed E-state index contributed by atoms with van der Waals surface area (Å²) in [7, 11) is 2.09. The smallest absolute Gasteiger partial charge is 0.227 e. The van der Waals surface area contributed by atoms with Crippen LogP contribution in [0.5, 0.6) is 0 Å². The summed E-state index contributed by atoms with van der Waals surface area (Å²) >= 11 is 7.52. The first kappa shape index (κ1) is 16.7. The van der Waals surface area contributed by atoms with Crippen LogP contribution in [-0.4, -0.2) is 41.7 Å². The van der Waals surface area contributed by atoms with Gasteiger partial charge in [-0.2, -0.15) is 4.98 Å². The number of hydrogen-bond donors (Lipinski definition) is 1. The predicted octanol–water partition coefficient (Wildman–Crippen LogP) is 2.57. The predicted molar refractivity (Wildman–Crippen MR) is 86.5 cm³/mol. The van der Waals surface area contributed by atoms with Crippen molar-refractivity contribution < 1.29 is 4.52 Å². The highest BCUT2D eigenvalue weighted by Crippen LogP contribution is 2.23.